The van der Waals surface area contributed by atoms with Crippen molar-refractivity contribution in [2.45, 2.75) is 25.7 Å². The summed E-state index contributed by atoms with van der Waals surface area (Å²) in [5.41, 5.74) is 0. The normalized spacial score (nSPS) is 10.9. The summed E-state index contributed by atoms with van der Waals surface area (Å²) >= 11 is 0. The molecule has 0 rings (SSSR count). The van der Waals surface area contributed by atoms with Crippen molar-refractivity contribution >= 4 is 11.6 Å². The Morgan fingerprint density at radius 2 is 0.957 bits per heavy atom. The van der Waals surface area contributed by atoms with Crippen molar-refractivity contribution < 1.29 is 33.3 Å². The van der Waals surface area contributed by atoms with Crippen molar-refractivity contribution in [1.82, 2.24) is 0 Å². The summed E-state index contributed by atoms with van der Waals surface area (Å²) in [5.74, 6) is 0.182. The summed E-state index contributed by atoms with van der Waals surface area (Å²) < 4.78 is 25.5. The minimum Gasteiger partial charge on any atom is -0.379 e. The summed E-state index contributed by atoms with van der Waals surface area (Å²) in [5, 5.41) is 0. The van der Waals surface area contributed by atoms with E-state index in [1.807, 2.05) is 0 Å². The lowest BCUT2D eigenvalue weighted by atomic mass is 10.2. The van der Waals surface area contributed by atoms with Crippen LogP contribution >= 0.6 is 0 Å². The largest absolute Gasteiger partial charge is 0.379 e. The molecule has 0 aromatic carbocycles. The van der Waals surface area contributed by atoms with Crippen LogP contribution in [0.3, 0.4) is 0 Å². The first-order valence-electron chi connectivity index (χ1n) is 7.95. The Kier molecular flexibility index (Phi) is 16.8. The van der Waals surface area contributed by atoms with Crippen LogP contribution in [0.15, 0.2) is 0 Å². The molecular weight excluding hydrogens is 304 g/mol. The van der Waals surface area contributed by atoms with Crippen molar-refractivity contribution in [2.24, 2.45) is 0 Å². The molecule has 0 radical (unpaired) electrons. The van der Waals surface area contributed by atoms with E-state index in [9.17, 15) is 9.59 Å². The van der Waals surface area contributed by atoms with Gasteiger partial charge in [-0.3, -0.25) is 9.59 Å². The molecule has 136 valence electrons. The molecule has 0 amide bonds. The highest BCUT2D eigenvalue weighted by Gasteiger charge is 2.01. The fourth-order valence-corrected chi connectivity index (χ4v) is 1.75. The van der Waals surface area contributed by atoms with Gasteiger partial charge in [-0.05, 0) is 12.8 Å². The van der Waals surface area contributed by atoms with Gasteiger partial charge in [-0.15, -0.1) is 0 Å². The number of ether oxygens (including phenoxy) is 5. The van der Waals surface area contributed by atoms with E-state index in [0.717, 1.165) is 0 Å². The van der Waals surface area contributed by atoms with Gasteiger partial charge >= 0.3 is 0 Å². The Hall–Kier alpha value is -0.860. The number of rotatable bonds is 18. The first-order chi connectivity index (χ1) is 11.2. The number of carbonyl (C=O) groups excluding carboxylic acids is 2. The van der Waals surface area contributed by atoms with Gasteiger partial charge in [0.05, 0.1) is 26.4 Å². The number of ketones is 2. The summed E-state index contributed by atoms with van der Waals surface area (Å²) in [4.78, 5) is 22.3. The molecule has 0 atom stereocenters. The number of carbonyl (C=O) groups is 2. The summed E-state index contributed by atoms with van der Waals surface area (Å²) in [6.07, 6.45) is 2.37. The van der Waals surface area contributed by atoms with Gasteiger partial charge in [-0.25, -0.2) is 0 Å². The highest BCUT2D eigenvalue weighted by molar-refractivity contribution is 5.79. The highest BCUT2D eigenvalue weighted by atomic mass is 16.5. The molecule has 0 unspecified atom stereocenters. The van der Waals surface area contributed by atoms with Crippen molar-refractivity contribution in [1.29, 1.82) is 0 Å². The third-order valence-corrected chi connectivity index (χ3v) is 2.84. The van der Waals surface area contributed by atoms with Gasteiger partial charge < -0.3 is 23.7 Å². The van der Waals surface area contributed by atoms with Crippen LogP contribution in [0.4, 0.5) is 0 Å². The number of hydrogen-bond donors (Lipinski definition) is 0. The van der Waals surface area contributed by atoms with Gasteiger partial charge in [0.2, 0.25) is 0 Å². The molecule has 0 N–H and O–H groups in total. The van der Waals surface area contributed by atoms with Crippen LogP contribution in [0.2, 0.25) is 0 Å². The van der Waals surface area contributed by atoms with E-state index in [2.05, 4.69) is 0 Å². The molecule has 0 fully saturated rings. The minimum atomic E-state index is 0.0911. The molecule has 0 aliphatic rings. The van der Waals surface area contributed by atoms with Gasteiger partial charge in [0.15, 0.2) is 11.6 Å². The first kappa shape index (κ1) is 22.1. The fourth-order valence-electron chi connectivity index (χ4n) is 1.75. The summed E-state index contributed by atoms with van der Waals surface area (Å²) in [6, 6.07) is 0. The number of Topliss-reactive ketones (excluding diaryl/α,β-unsaturated/α-hetero) is 2. The fraction of sp³-hybridized carbons (Fsp3) is 0.875. The molecular formula is C16H30O7. The van der Waals surface area contributed by atoms with Crippen LogP contribution in [0.5, 0.6) is 0 Å². The third kappa shape index (κ3) is 17.3. The Morgan fingerprint density at radius 3 is 1.30 bits per heavy atom. The molecule has 23 heavy (non-hydrogen) atoms. The van der Waals surface area contributed by atoms with Gasteiger partial charge in [0.1, 0.15) is 13.2 Å². The van der Waals surface area contributed by atoms with Crippen molar-refractivity contribution in [3.63, 3.8) is 0 Å². The van der Waals surface area contributed by atoms with E-state index in [1.54, 1.807) is 0 Å². The molecule has 0 saturated carbocycles. The van der Waals surface area contributed by atoms with Crippen molar-refractivity contribution in [2.75, 3.05) is 67.1 Å². The molecule has 7 heteroatoms. The zero-order valence-electron chi connectivity index (χ0n) is 14.3. The Bertz CT molecular complexity index is 266. The monoisotopic (exact) mass is 334 g/mol. The maximum absolute atomic E-state index is 11.2. The minimum absolute atomic E-state index is 0.0911. The maximum atomic E-state index is 11.2. The molecule has 0 saturated heterocycles. The molecule has 0 bridgehead atoms. The number of hydrogen-bond acceptors (Lipinski definition) is 7. The predicted molar refractivity (Wildman–Crippen MR) is 84.7 cm³/mol. The quantitative estimate of drug-likeness (QED) is 0.346. The first-order valence-corrected chi connectivity index (χ1v) is 7.95. The van der Waals surface area contributed by atoms with E-state index in [-0.39, 0.29) is 24.8 Å². The van der Waals surface area contributed by atoms with E-state index < -0.39 is 0 Å². The second-order valence-corrected chi connectivity index (χ2v) is 4.99. The lowest BCUT2D eigenvalue weighted by Crippen LogP contribution is -2.12. The van der Waals surface area contributed by atoms with E-state index in [1.165, 1.54) is 14.2 Å². The Balaban J connectivity index is 3.11. The Morgan fingerprint density at radius 1 is 0.609 bits per heavy atom. The van der Waals surface area contributed by atoms with Crippen LogP contribution in [0, 0.1) is 0 Å². The second-order valence-electron chi connectivity index (χ2n) is 4.99. The molecule has 0 aromatic heterocycles. The van der Waals surface area contributed by atoms with Gasteiger partial charge in [-0.2, -0.15) is 0 Å². The van der Waals surface area contributed by atoms with Crippen molar-refractivity contribution in [3.8, 4) is 0 Å². The van der Waals surface area contributed by atoms with Gasteiger partial charge in [-0.1, -0.05) is 0 Å². The van der Waals surface area contributed by atoms with Crippen molar-refractivity contribution in [3.05, 3.63) is 0 Å². The van der Waals surface area contributed by atoms with Crippen LogP contribution in [-0.4, -0.2) is 78.6 Å². The van der Waals surface area contributed by atoms with Gasteiger partial charge in [0, 0.05) is 40.3 Å². The van der Waals surface area contributed by atoms with Crippen LogP contribution < -0.4 is 0 Å². The smallest absolute Gasteiger partial charge is 0.158 e. The maximum Gasteiger partial charge on any atom is 0.158 e. The SMILES string of the molecule is COCC(=O)CCCOCCOCCOCCCC(=O)COC. The zero-order valence-corrected chi connectivity index (χ0v) is 14.3. The molecule has 0 aliphatic carbocycles. The third-order valence-electron chi connectivity index (χ3n) is 2.84. The van der Waals surface area contributed by atoms with E-state index >= 15 is 0 Å². The van der Waals surface area contributed by atoms with Crippen LogP contribution in [0.25, 0.3) is 0 Å². The van der Waals surface area contributed by atoms with Gasteiger partial charge in [0.25, 0.3) is 0 Å². The van der Waals surface area contributed by atoms with E-state index in [4.69, 9.17) is 23.7 Å². The molecule has 0 aromatic rings. The molecule has 0 spiro atoms. The Labute approximate surface area is 138 Å². The van der Waals surface area contributed by atoms with E-state index in [0.29, 0.717) is 65.3 Å². The van der Waals surface area contributed by atoms with Crippen LogP contribution in [0.1, 0.15) is 25.7 Å². The molecule has 0 aliphatic heterocycles. The average molecular weight is 334 g/mol. The predicted octanol–water partition coefficient (Wildman–Crippen LogP) is 1.03. The lowest BCUT2D eigenvalue weighted by molar-refractivity contribution is -0.123. The molecule has 0 heterocycles. The highest BCUT2D eigenvalue weighted by Crippen LogP contribution is 1.94. The second kappa shape index (κ2) is 17.5. The summed E-state index contributed by atoms with van der Waals surface area (Å²) in [7, 11) is 3.02. The standard InChI is InChI=1S/C16H30O7/c1-19-13-15(17)5-3-7-21-9-11-23-12-10-22-8-4-6-16(18)14-20-2/h3-14H2,1-2H3. The van der Waals surface area contributed by atoms with Crippen LogP contribution in [-0.2, 0) is 33.3 Å². The number of methoxy groups -OCH3 is 2. The zero-order chi connectivity index (χ0) is 17.2. The average Bonchev–Trinajstić information content (AvgIpc) is 2.52. The topological polar surface area (TPSA) is 80.3 Å². The molecule has 7 nitrogen and oxygen atoms in total. The summed E-state index contributed by atoms with van der Waals surface area (Å²) in [6.45, 7) is 3.44. The lowest BCUT2D eigenvalue weighted by Gasteiger charge is -2.06.